The van der Waals surface area contributed by atoms with Gasteiger partial charge in [0.25, 0.3) is 0 Å². The molecule has 1 aliphatic rings. The first-order valence-corrected chi connectivity index (χ1v) is 12.4. The zero-order valence-electron chi connectivity index (χ0n) is 19.8. The van der Waals surface area contributed by atoms with E-state index in [2.05, 4.69) is 29.2 Å². The number of carbonyl (C=O) groups excluding carboxylic acids is 1. The first-order valence-electron chi connectivity index (χ1n) is 11.5. The number of carbonyl (C=O) groups is 1. The maximum Gasteiger partial charge on any atom is 0.411 e. The number of nitrogens with zero attached hydrogens (tertiary/aromatic N) is 2. The van der Waals surface area contributed by atoms with Crippen molar-refractivity contribution in [2.75, 3.05) is 13.2 Å². The average molecular weight is 465 g/mol. The van der Waals surface area contributed by atoms with Crippen molar-refractivity contribution in [2.45, 2.75) is 58.6 Å². The van der Waals surface area contributed by atoms with Crippen LogP contribution in [0.1, 0.15) is 59.6 Å². The molecular formula is C27H32N2O3S. The normalized spacial score (nSPS) is 19.4. The van der Waals surface area contributed by atoms with Gasteiger partial charge in [-0.2, -0.15) is 0 Å². The van der Waals surface area contributed by atoms with E-state index in [9.17, 15) is 9.90 Å². The van der Waals surface area contributed by atoms with Crippen molar-refractivity contribution in [2.24, 2.45) is 0 Å². The number of thiazole rings is 1. The molecule has 2 aromatic carbocycles. The SMILES string of the molecule is Cc1ccc([C@@]2(CCCO)CCN([C@@H](C)c3ccc(-c4sc(C)nc4C)cc3)C(=O)O2)cc1. The Kier molecular flexibility index (Phi) is 6.86. The first kappa shape index (κ1) is 23.5. The van der Waals surface area contributed by atoms with Gasteiger partial charge < -0.3 is 14.7 Å². The number of aromatic nitrogens is 1. The molecule has 2 atom stereocenters. The number of aryl methyl sites for hydroxylation is 3. The highest BCUT2D eigenvalue weighted by atomic mass is 32.1. The van der Waals surface area contributed by atoms with E-state index in [0.717, 1.165) is 27.4 Å². The summed E-state index contributed by atoms with van der Waals surface area (Å²) in [7, 11) is 0. The van der Waals surface area contributed by atoms with Crippen LogP contribution in [0.5, 0.6) is 0 Å². The Labute approximate surface area is 200 Å². The Morgan fingerprint density at radius 3 is 2.39 bits per heavy atom. The molecule has 6 heteroatoms. The van der Waals surface area contributed by atoms with E-state index in [1.807, 2.05) is 56.9 Å². The highest BCUT2D eigenvalue weighted by molar-refractivity contribution is 7.15. The maximum absolute atomic E-state index is 13.2. The van der Waals surface area contributed by atoms with Crippen LogP contribution in [0.4, 0.5) is 4.79 Å². The van der Waals surface area contributed by atoms with Crippen LogP contribution >= 0.6 is 11.3 Å². The number of hydrogen-bond donors (Lipinski definition) is 1. The lowest BCUT2D eigenvalue weighted by Crippen LogP contribution is -2.48. The van der Waals surface area contributed by atoms with Crippen molar-refractivity contribution < 1.29 is 14.6 Å². The summed E-state index contributed by atoms with van der Waals surface area (Å²) in [6.45, 7) is 8.84. The summed E-state index contributed by atoms with van der Waals surface area (Å²) in [6, 6.07) is 16.5. The van der Waals surface area contributed by atoms with Crippen molar-refractivity contribution >= 4 is 17.4 Å². The molecule has 4 rings (SSSR count). The van der Waals surface area contributed by atoms with Gasteiger partial charge in [0.05, 0.1) is 21.6 Å². The van der Waals surface area contributed by atoms with E-state index >= 15 is 0 Å². The van der Waals surface area contributed by atoms with Gasteiger partial charge >= 0.3 is 6.09 Å². The van der Waals surface area contributed by atoms with Crippen LogP contribution in [0.15, 0.2) is 48.5 Å². The van der Waals surface area contributed by atoms with Crippen LogP contribution in [0.3, 0.4) is 0 Å². The highest BCUT2D eigenvalue weighted by Crippen LogP contribution is 2.40. The van der Waals surface area contributed by atoms with Crippen molar-refractivity contribution in [1.29, 1.82) is 0 Å². The number of hydrogen-bond acceptors (Lipinski definition) is 5. The second-order valence-electron chi connectivity index (χ2n) is 8.94. The van der Waals surface area contributed by atoms with E-state index in [1.165, 1.54) is 10.4 Å². The predicted molar refractivity (Wildman–Crippen MR) is 132 cm³/mol. The number of cyclic esters (lactones) is 1. The van der Waals surface area contributed by atoms with Crippen LogP contribution in [0.25, 0.3) is 10.4 Å². The molecule has 1 aliphatic heterocycles. The minimum absolute atomic E-state index is 0.0797. The standard InChI is InChI=1S/C27H32N2O3S/c1-18-6-12-24(13-7-18)27(14-5-17-30)15-16-29(26(31)32-27)20(3)22-8-10-23(11-9-22)25-19(2)28-21(4)33-25/h6-13,20,30H,5,14-17H2,1-4H3/t20-,27+/m0/s1. The van der Waals surface area contributed by atoms with Gasteiger partial charge in [0, 0.05) is 19.6 Å². The summed E-state index contributed by atoms with van der Waals surface area (Å²) >= 11 is 1.70. The van der Waals surface area contributed by atoms with Crippen LogP contribution in [0.2, 0.25) is 0 Å². The summed E-state index contributed by atoms with van der Waals surface area (Å²) in [6.07, 6.45) is 1.60. The zero-order valence-corrected chi connectivity index (χ0v) is 20.6. The Hall–Kier alpha value is -2.70. The molecule has 0 bridgehead atoms. The summed E-state index contributed by atoms with van der Waals surface area (Å²) < 4.78 is 6.14. The lowest BCUT2D eigenvalue weighted by molar-refractivity contribution is -0.0680. The van der Waals surface area contributed by atoms with Gasteiger partial charge in [-0.05, 0) is 57.2 Å². The molecule has 0 radical (unpaired) electrons. The van der Waals surface area contributed by atoms with Crippen LogP contribution < -0.4 is 0 Å². The average Bonchev–Trinajstić information content (AvgIpc) is 3.15. The minimum atomic E-state index is -0.685. The minimum Gasteiger partial charge on any atom is -0.438 e. The van der Waals surface area contributed by atoms with Crippen molar-refractivity contribution in [1.82, 2.24) is 9.88 Å². The molecule has 0 aliphatic carbocycles. The Morgan fingerprint density at radius 2 is 1.82 bits per heavy atom. The molecule has 1 N–H and O–H groups in total. The summed E-state index contributed by atoms with van der Waals surface area (Å²) in [5, 5.41) is 10.5. The molecule has 1 aromatic heterocycles. The van der Waals surface area contributed by atoms with E-state index in [4.69, 9.17) is 4.74 Å². The summed E-state index contributed by atoms with van der Waals surface area (Å²) in [5.41, 5.74) is 4.76. The largest absolute Gasteiger partial charge is 0.438 e. The second-order valence-corrected chi connectivity index (χ2v) is 10.1. The van der Waals surface area contributed by atoms with Gasteiger partial charge in [0.15, 0.2) is 0 Å². The van der Waals surface area contributed by atoms with E-state index in [1.54, 1.807) is 11.3 Å². The van der Waals surface area contributed by atoms with E-state index in [0.29, 0.717) is 25.8 Å². The van der Waals surface area contributed by atoms with Gasteiger partial charge in [-0.1, -0.05) is 54.1 Å². The maximum atomic E-state index is 13.2. The van der Waals surface area contributed by atoms with Crippen molar-refractivity contribution in [3.05, 3.63) is 75.9 Å². The third kappa shape index (κ3) is 4.82. The van der Waals surface area contributed by atoms with Crippen molar-refractivity contribution in [3.63, 3.8) is 0 Å². The monoisotopic (exact) mass is 464 g/mol. The van der Waals surface area contributed by atoms with Crippen LogP contribution in [-0.2, 0) is 10.3 Å². The Bertz CT molecular complexity index is 1110. The zero-order chi connectivity index (χ0) is 23.6. The Morgan fingerprint density at radius 1 is 1.12 bits per heavy atom. The predicted octanol–water partition coefficient (Wildman–Crippen LogP) is 6.31. The molecule has 0 spiro atoms. The summed E-state index contributed by atoms with van der Waals surface area (Å²) in [4.78, 5) is 20.7. The van der Waals surface area contributed by atoms with Crippen LogP contribution in [-0.4, -0.2) is 34.2 Å². The van der Waals surface area contributed by atoms with Gasteiger partial charge in [-0.15, -0.1) is 11.3 Å². The fraction of sp³-hybridized carbons (Fsp3) is 0.407. The smallest absolute Gasteiger partial charge is 0.411 e. The number of amides is 1. The Balaban J connectivity index is 1.52. The lowest BCUT2D eigenvalue weighted by Gasteiger charge is -2.43. The van der Waals surface area contributed by atoms with Crippen LogP contribution in [0, 0.1) is 20.8 Å². The topological polar surface area (TPSA) is 62.7 Å². The lowest BCUT2D eigenvalue weighted by atomic mass is 9.84. The number of aliphatic hydroxyl groups excluding tert-OH is 1. The molecule has 3 aromatic rings. The van der Waals surface area contributed by atoms with Gasteiger partial charge in [0.2, 0.25) is 0 Å². The molecule has 1 amide bonds. The molecular weight excluding hydrogens is 432 g/mol. The third-order valence-corrected chi connectivity index (χ3v) is 7.74. The second kappa shape index (κ2) is 9.65. The van der Waals surface area contributed by atoms with E-state index < -0.39 is 5.60 Å². The number of rotatable bonds is 7. The fourth-order valence-corrected chi connectivity index (χ4v) is 5.58. The molecule has 2 heterocycles. The quantitative estimate of drug-likeness (QED) is 0.445. The highest BCUT2D eigenvalue weighted by Gasteiger charge is 2.43. The van der Waals surface area contributed by atoms with Gasteiger partial charge in [-0.3, -0.25) is 0 Å². The molecule has 1 fully saturated rings. The van der Waals surface area contributed by atoms with E-state index in [-0.39, 0.29) is 18.7 Å². The fourth-order valence-electron chi connectivity index (χ4n) is 4.66. The molecule has 5 nitrogen and oxygen atoms in total. The molecule has 174 valence electrons. The molecule has 0 unspecified atom stereocenters. The molecule has 1 saturated heterocycles. The molecule has 33 heavy (non-hydrogen) atoms. The molecule has 0 saturated carbocycles. The van der Waals surface area contributed by atoms with Gasteiger partial charge in [0.1, 0.15) is 5.60 Å². The van der Waals surface area contributed by atoms with Gasteiger partial charge in [-0.25, -0.2) is 9.78 Å². The number of aliphatic hydroxyl groups is 1. The number of benzene rings is 2. The summed E-state index contributed by atoms with van der Waals surface area (Å²) in [5.74, 6) is 0. The third-order valence-electron chi connectivity index (χ3n) is 6.62. The van der Waals surface area contributed by atoms with Crippen molar-refractivity contribution in [3.8, 4) is 10.4 Å². The number of ether oxygens (including phenoxy) is 1. The first-order chi connectivity index (χ1) is 15.8.